The Morgan fingerprint density at radius 1 is 1.23 bits per heavy atom. The SMILES string of the molecule is CC(C(=O)OCCO)=C(C=O)n1ccnc1.c1ccc2ncccc2c1. The monoisotopic (exact) mass is 353 g/mol. The van der Waals surface area contributed by atoms with E-state index >= 15 is 0 Å². The highest BCUT2D eigenvalue weighted by atomic mass is 16.5. The van der Waals surface area contributed by atoms with Gasteiger partial charge in [0, 0.05) is 24.0 Å². The van der Waals surface area contributed by atoms with Gasteiger partial charge in [-0.3, -0.25) is 9.78 Å². The molecule has 2 heterocycles. The van der Waals surface area contributed by atoms with Gasteiger partial charge in [-0.05, 0) is 19.1 Å². The number of para-hydroxylation sites is 1. The average molecular weight is 353 g/mol. The van der Waals surface area contributed by atoms with Crippen LogP contribution in [0.3, 0.4) is 0 Å². The summed E-state index contributed by atoms with van der Waals surface area (Å²) in [5.41, 5.74) is 1.40. The lowest BCUT2D eigenvalue weighted by Crippen LogP contribution is -2.13. The minimum Gasteiger partial charge on any atom is -0.460 e. The zero-order chi connectivity index (χ0) is 18.8. The van der Waals surface area contributed by atoms with Gasteiger partial charge in [-0.2, -0.15) is 0 Å². The summed E-state index contributed by atoms with van der Waals surface area (Å²) in [6.45, 7) is 1.14. The fourth-order valence-corrected chi connectivity index (χ4v) is 2.11. The number of hydrogen-bond acceptors (Lipinski definition) is 6. The van der Waals surface area contributed by atoms with Crippen LogP contribution in [0.5, 0.6) is 0 Å². The number of pyridine rings is 1. The molecule has 7 nitrogen and oxygen atoms in total. The Labute approximate surface area is 150 Å². The van der Waals surface area contributed by atoms with Crippen LogP contribution in [0, 0.1) is 0 Å². The van der Waals surface area contributed by atoms with Gasteiger partial charge in [-0.1, -0.05) is 24.3 Å². The Kier molecular flexibility index (Phi) is 7.20. The van der Waals surface area contributed by atoms with Crippen LogP contribution in [0.2, 0.25) is 0 Å². The van der Waals surface area contributed by atoms with Gasteiger partial charge in [0.25, 0.3) is 0 Å². The minimum atomic E-state index is -0.634. The lowest BCUT2D eigenvalue weighted by Gasteiger charge is -2.06. The summed E-state index contributed by atoms with van der Waals surface area (Å²) in [7, 11) is 0. The predicted molar refractivity (Wildman–Crippen MR) is 97.0 cm³/mol. The van der Waals surface area contributed by atoms with Gasteiger partial charge < -0.3 is 14.4 Å². The molecular formula is C19H19N3O4. The van der Waals surface area contributed by atoms with E-state index in [1.54, 1.807) is 6.20 Å². The van der Waals surface area contributed by atoms with Crippen molar-refractivity contribution in [1.29, 1.82) is 0 Å². The van der Waals surface area contributed by atoms with Gasteiger partial charge in [0.15, 0.2) is 6.29 Å². The molecular weight excluding hydrogens is 334 g/mol. The number of imidazole rings is 1. The number of aromatic nitrogens is 3. The number of fused-ring (bicyclic) bond motifs is 1. The van der Waals surface area contributed by atoms with Crippen LogP contribution in [-0.4, -0.2) is 45.1 Å². The number of allylic oxidation sites excluding steroid dienone is 1. The highest BCUT2D eigenvalue weighted by Gasteiger charge is 2.12. The Balaban J connectivity index is 0.000000206. The van der Waals surface area contributed by atoms with Crippen molar-refractivity contribution in [1.82, 2.24) is 14.5 Å². The summed E-state index contributed by atoms with van der Waals surface area (Å²) < 4.78 is 6.11. The van der Waals surface area contributed by atoms with E-state index in [4.69, 9.17) is 9.84 Å². The van der Waals surface area contributed by atoms with Crippen molar-refractivity contribution in [2.45, 2.75) is 6.92 Å². The number of esters is 1. The van der Waals surface area contributed by atoms with Gasteiger partial charge in [0.1, 0.15) is 6.61 Å². The Morgan fingerprint density at radius 3 is 2.65 bits per heavy atom. The maximum Gasteiger partial charge on any atom is 0.336 e. The molecule has 0 aliphatic heterocycles. The fraction of sp³-hybridized carbons (Fsp3) is 0.158. The van der Waals surface area contributed by atoms with Crippen LogP contribution in [0.25, 0.3) is 16.6 Å². The van der Waals surface area contributed by atoms with Gasteiger partial charge in [0.2, 0.25) is 0 Å². The van der Waals surface area contributed by atoms with E-state index in [-0.39, 0.29) is 24.5 Å². The van der Waals surface area contributed by atoms with E-state index in [9.17, 15) is 9.59 Å². The Bertz CT molecular complexity index is 823. The number of hydrogen-bond donors (Lipinski definition) is 1. The molecule has 2 aromatic heterocycles. The van der Waals surface area contributed by atoms with E-state index in [1.165, 1.54) is 29.4 Å². The maximum absolute atomic E-state index is 11.4. The quantitative estimate of drug-likeness (QED) is 0.429. The lowest BCUT2D eigenvalue weighted by molar-refractivity contribution is -0.140. The molecule has 3 rings (SSSR count). The number of aliphatic hydroxyl groups excluding tert-OH is 1. The molecule has 0 atom stereocenters. The molecule has 0 spiro atoms. The van der Waals surface area contributed by atoms with E-state index in [2.05, 4.69) is 22.1 Å². The number of benzene rings is 1. The maximum atomic E-state index is 11.4. The average Bonchev–Trinajstić information content (AvgIpc) is 3.21. The first-order chi connectivity index (χ1) is 12.7. The molecule has 26 heavy (non-hydrogen) atoms. The van der Waals surface area contributed by atoms with E-state index in [0.29, 0.717) is 6.29 Å². The topological polar surface area (TPSA) is 94.3 Å². The molecule has 1 N–H and O–H groups in total. The lowest BCUT2D eigenvalue weighted by atomic mass is 10.2. The summed E-state index contributed by atoms with van der Waals surface area (Å²) in [6.07, 6.45) is 6.81. The van der Waals surface area contributed by atoms with Crippen molar-refractivity contribution < 1.29 is 19.4 Å². The third kappa shape index (κ3) is 5.09. The number of nitrogens with zero attached hydrogens (tertiary/aromatic N) is 3. The van der Waals surface area contributed by atoms with Crippen molar-refractivity contribution in [3.63, 3.8) is 0 Å². The second-order valence-electron chi connectivity index (χ2n) is 5.15. The number of rotatable bonds is 5. The molecule has 134 valence electrons. The fourth-order valence-electron chi connectivity index (χ4n) is 2.11. The number of carbonyl (C=O) groups excluding carboxylic acids is 2. The minimum absolute atomic E-state index is 0.0910. The van der Waals surface area contributed by atoms with Crippen molar-refractivity contribution in [2.24, 2.45) is 0 Å². The van der Waals surface area contributed by atoms with Gasteiger partial charge in [0.05, 0.1) is 29.7 Å². The number of ether oxygens (including phenoxy) is 1. The second-order valence-corrected chi connectivity index (χ2v) is 5.15. The number of carbonyl (C=O) groups is 2. The summed E-state index contributed by atoms with van der Waals surface area (Å²) in [5, 5.41) is 9.70. The largest absolute Gasteiger partial charge is 0.460 e. The first-order valence-corrected chi connectivity index (χ1v) is 7.89. The number of aldehydes is 1. The molecule has 0 saturated carbocycles. The molecule has 0 aliphatic carbocycles. The van der Waals surface area contributed by atoms with E-state index in [0.717, 1.165) is 5.52 Å². The van der Waals surface area contributed by atoms with E-state index in [1.807, 2.05) is 30.5 Å². The standard InChI is InChI=1S/C10H12N2O4.C9H7N/c1-8(10(15)16-5-4-13)9(6-14)12-3-2-11-7-12;1-2-6-9-8(4-1)5-3-7-10-9/h2-3,6-7,13H,4-5H2,1H3;1-7H. The molecule has 3 aromatic rings. The van der Waals surface area contributed by atoms with Crippen LogP contribution in [-0.2, 0) is 14.3 Å². The Hall–Kier alpha value is -3.32. The predicted octanol–water partition coefficient (Wildman–Crippen LogP) is 2.08. The molecule has 1 aromatic carbocycles. The van der Waals surface area contributed by atoms with Crippen molar-refractivity contribution in [3.05, 3.63) is 66.9 Å². The van der Waals surface area contributed by atoms with E-state index < -0.39 is 5.97 Å². The smallest absolute Gasteiger partial charge is 0.336 e. The molecule has 0 bridgehead atoms. The van der Waals surface area contributed by atoms with Gasteiger partial charge in [-0.15, -0.1) is 0 Å². The molecule has 0 radical (unpaired) electrons. The highest BCUT2D eigenvalue weighted by Crippen LogP contribution is 2.10. The van der Waals surface area contributed by atoms with Crippen molar-refractivity contribution in [2.75, 3.05) is 13.2 Å². The van der Waals surface area contributed by atoms with Gasteiger partial charge >= 0.3 is 5.97 Å². The third-order valence-electron chi connectivity index (χ3n) is 3.42. The van der Waals surface area contributed by atoms with Crippen LogP contribution >= 0.6 is 0 Å². The zero-order valence-corrected chi connectivity index (χ0v) is 14.3. The van der Waals surface area contributed by atoms with Crippen molar-refractivity contribution >= 4 is 28.9 Å². The molecule has 0 aliphatic rings. The normalized spacial score (nSPS) is 11.2. The zero-order valence-electron chi connectivity index (χ0n) is 14.3. The highest BCUT2D eigenvalue weighted by molar-refractivity contribution is 6.09. The van der Waals surface area contributed by atoms with Crippen LogP contribution < -0.4 is 0 Å². The molecule has 0 saturated heterocycles. The molecule has 0 unspecified atom stereocenters. The third-order valence-corrected chi connectivity index (χ3v) is 3.42. The summed E-state index contributed by atoms with van der Waals surface area (Å²) >= 11 is 0. The van der Waals surface area contributed by atoms with Crippen LogP contribution in [0.4, 0.5) is 0 Å². The molecule has 7 heteroatoms. The molecule has 0 amide bonds. The van der Waals surface area contributed by atoms with Crippen LogP contribution in [0.1, 0.15) is 6.92 Å². The number of aliphatic hydroxyl groups is 1. The van der Waals surface area contributed by atoms with Gasteiger partial charge in [-0.25, -0.2) is 9.78 Å². The summed E-state index contributed by atoms with van der Waals surface area (Å²) in [4.78, 5) is 30.2. The van der Waals surface area contributed by atoms with Crippen LogP contribution in [0.15, 0.2) is 66.9 Å². The second kappa shape index (κ2) is 9.85. The first-order valence-electron chi connectivity index (χ1n) is 7.89. The summed E-state index contributed by atoms with van der Waals surface area (Å²) in [5.74, 6) is -0.634. The van der Waals surface area contributed by atoms with Crippen molar-refractivity contribution in [3.8, 4) is 0 Å². The first kappa shape index (κ1) is 19.0. The molecule has 0 fully saturated rings. The summed E-state index contributed by atoms with van der Waals surface area (Å²) in [6, 6.07) is 12.1. The Morgan fingerprint density at radius 2 is 2.00 bits per heavy atom.